The van der Waals surface area contributed by atoms with Crippen LogP contribution in [0.5, 0.6) is 0 Å². The van der Waals surface area contributed by atoms with Gasteiger partial charge in [0.2, 0.25) is 11.8 Å². The lowest BCUT2D eigenvalue weighted by molar-refractivity contribution is -0.525. The molecule has 0 aromatic heterocycles. The summed E-state index contributed by atoms with van der Waals surface area (Å²) >= 11 is 0. The monoisotopic (exact) mass is 453 g/mol. The zero-order valence-corrected chi connectivity index (χ0v) is 19.7. The summed E-state index contributed by atoms with van der Waals surface area (Å²) in [4.78, 5) is 35.0. The number of hydrogen-bond acceptors (Lipinski definition) is 5. The van der Waals surface area contributed by atoms with Gasteiger partial charge in [0.05, 0.1) is 0 Å². The van der Waals surface area contributed by atoms with E-state index in [4.69, 9.17) is 5.41 Å². The lowest BCUT2D eigenvalue weighted by atomic mass is 10.1. The normalized spacial score (nSPS) is 11.9. The number of hydrazine groups is 1. The van der Waals surface area contributed by atoms with Gasteiger partial charge in [-0.15, -0.1) is 0 Å². The maximum atomic E-state index is 12.5. The number of unbranched alkanes of at least 4 members (excludes halogenated alkanes) is 6. The van der Waals surface area contributed by atoms with Crippen LogP contribution >= 0.6 is 0 Å². The van der Waals surface area contributed by atoms with Crippen LogP contribution < -0.4 is 21.4 Å². The van der Waals surface area contributed by atoms with Crippen molar-refractivity contribution in [1.82, 2.24) is 21.4 Å². The molecule has 0 saturated carbocycles. The SMILES string of the molecule is CCCCCCCCC=CC(=O)N[C@@H](CCCNC(=N)N[N+](=O)[O-])C(=O)N[CH]CC(C)C. The summed E-state index contributed by atoms with van der Waals surface area (Å²) in [6.45, 7) is 8.21. The Labute approximate surface area is 192 Å². The number of carbonyl (C=O) groups is 2. The third-order valence-electron chi connectivity index (χ3n) is 4.63. The van der Waals surface area contributed by atoms with Crippen LogP contribution in [0.25, 0.3) is 0 Å². The Bertz CT molecular complexity index is 595. The molecule has 0 rings (SSSR count). The van der Waals surface area contributed by atoms with Crippen LogP contribution in [0.2, 0.25) is 0 Å². The van der Waals surface area contributed by atoms with Crippen LogP contribution in [-0.2, 0) is 9.59 Å². The number of nitro groups is 1. The fraction of sp³-hybridized carbons (Fsp3) is 0.727. The molecule has 1 radical (unpaired) electrons. The molecular formula is C22H41N6O4. The average molecular weight is 454 g/mol. The Morgan fingerprint density at radius 2 is 1.78 bits per heavy atom. The van der Waals surface area contributed by atoms with Crippen molar-refractivity contribution in [2.75, 3.05) is 6.54 Å². The number of amides is 2. The first-order valence-electron chi connectivity index (χ1n) is 11.6. The second-order valence-electron chi connectivity index (χ2n) is 8.18. The summed E-state index contributed by atoms with van der Waals surface area (Å²) in [5.74, 6) is -0.655. The Hall–Kier alpha value is -2.65. The number of hydrogen-bond donors (Lipinski definition) is 5. The fourth-order valence-corrected chi connectivity index (χ4v) is 2.87. The molecule has 0 aliphatic carbocycles. The molecule has 0 saturated heterocycles. The molecule has 0 fully saturated rings. The molecule has 0 bridgehead atoms. The minimum Gasteiger partial charge on any atom is -0.352 e. The summed E-state index contributed by atoms with van der Waals surface area (Å²) in [6.07, 6.45) is 12.8. The Morgan fingerprint density at radius 1 is 1.09 bits per heavy atom. The lowest BCUT2D eigenvalue weighted by Gasteiger charge is -2.18. The van der Waals surface area contributed by atoms with Crippen LogP contribution in [0.3, 0.4) is 0 Å². The molecule has 183 valence electrons. The van der Waals surface area contributed by atoms with Gasteiger partial charge < -0.3 is 16.0 Å². The van der Waals surface area contributed by atoms with Crippen molar-refractivity contribution in [1.29, 1.82) is 5.41 Å². The average Bonchev–Trinajstić information content (AvgIpc) is 2.71. The fourth-order valence-electron chi connectivity index (χ4n) is 2.87. The van der Waals surface area contributed by atoms with Crippen LogP contribution in [0.4, 0.5) is 0 Å². The van der Waals surface area contributed by atoms with Gasteiger partial charge in [0.25, 0.3) is 5.96 Å². The molecule has 0 unspecified atom stereocenters. The van der Waals surface area contributed by atoms with Crippen molar-refractivity contribution in [3.05, 3.63) is 28.8 Å². The molecule has 2 amide bonds. The van der Waals surface area contributed by atoms with Gasteiger partial charge in [-0.3, -0.25) is 15.0 Å². The molecule has 5 N–H and O–H groups in total. The second kappa shape index (κ2) is 19.1. The van der Waals surface area contributed by atoms with E-state index < -0.39 is 17.0 Å². The standard InChI is InChI=1S/C22H41N6O4/c1-4-5-6-7-8-9-10-11-14-20(29)26-19(21(30)24-17-15-18(2)3)13-12-16-25-22(23)27-28(31)32/h11,14,17-19H,4-10,12-13,15-16H2,1-3H3,(H,24,30)(H,26,29)(H3,23,25,27)/t19-/m0/s1. The van der Waals surface area contributed by atoms with E-state index in [1.54, 1.807) is 12.0 Å². The van der Waals surface area contributed by atoms with E-state index in [-0.39, 0.29) is 18.4 Å². The van der Waals surface area contributed by atoms with E-state index >= 15 is 0 Å². The van der Waals surface area contributed by atoms with E-state index in [9.17, 15) is 19.7 Å². The molecule has 1 atom stereocenters. The van der Waals surface area contributed by atoms with Crippen LogP contribution in [0.15, 0.2) is 12.2 Å². The quantitative estimate of drug-likeness (QED) is 0.0537. The lowest BCUT2D eigenvalue weighted by Crippen LogP contribution is -2.46. The minimum absolute atomic E-state index is 0.253. The van der Waals surface area contributed by atoms with E-state index in [1.807, 2.05) is 19.9 Å². The highest BCUT2D eigenvalue weighted by atomic mass is 16.7. The first-order chi connectivity index (χ1) is 15.3. The predicted octanol–water partition coefficient (Wildman–Crippen LogP) is 3.19. The summed E-state index contributed by atoms with van der Waals surface area (Å²) in [5, 5.41) is 24.8. The summed E-state index contributed by atoms with van der Waals surface area (Å²) in [5.41, 5.74) is 1.70. The van der Waals surface area contributed by atoms with Gasteiger partial charge in [-0.05, 0) is 44.1 Å². The third kappa shape index (κ3) is 18.1. The largest absolute Gasteiger partial charge is 0.352 e. The molecule has 0 aromatic carbocycles. The predicted molar refractivity (Wildman–Crippen MR) is 126 cm³/mol. The zero-order valence-electron chi connectivity index (χ0n) is 19.7. The highest BCUT2D eigenvalue weighted by Crippen LogP contribution is 2.07. The number of allylic oxidation sites excluding steroid dienone is 1. The van der Waals surface area contributed by atoms with Crippen LogP contribution in [0, 0.1) is 28.0 Å². The second-order valence-corrected chi connectivity index (χ2v) is 8.18. The van der Waals surface area contributed by atoms with Gasteiger partial charge in [-0.1, -0.05) is 64.4 Å². The summed E-state index contributed by atoms with van der Waals surface area (Å²) < 4.78 is 0. The Balaban J connectivity index is 4.47. The third-order valence-corrected chi connectivity index (χ3v) is 4.63. The highest BCUT2D eigenvalue weighted by molar-refractivity contribution is 5.93. The minimum atomic E-state index is -0.825. The van der Waals surface area contributed by atoms with Crippen molar-refractivity contribution in [3.8, 4) is 0 Å². The number of nitrogens with zero attached hydrogens (tertiary/aromatic N) is 1. The van der Waals surface area contributed by atoms with Gasteiger partial charge >= 0.3 is 0 Å². The number of carbonyl (C=O) groups excluding carboxylic acids is 2. The van der Waals surface area contributed by atoms with Crippen LogP contribution in [-0.4, -0.2) is 35.4 Å². The van der Waals surface area contributed by atoms with Crippen molar-refractivity contribution in [3.63, 3.8) is 0 Å². The molecular weight excluding hydrogens is 412 g/mol. The topological polar surface area (TPSA) is 149 Å². The van der Waals surface area contributed by atoms with Gasteiger partial charge in [0, 0.05) is 13.1 Å². The van der Waals surface area contributed by atoms with E-state index in [0.717, 1.165) is 25.7 Å². The molecule has 0 aliphatic heterocycles. The van der Waals surface area contributed by atoms with E-state index in [1.165, 1.54) is 31.8 Å². The van der Waals surface area contributed by atoms with Crippen molar-refractivity contribution < 1.29 is 14.6 Å². The highest BCUT2D eigenvalue weighted by Gasteiger charge is 2.19. The molecule has 10 nitrogen and oxygen atoms in total. The summed E-state index contributed by atoms with van der Waals surface area (Å²) in [7, 11) is 0. The van der Waals surface area contributed by atoms with Crippen molar-refractivity contribution >= 4 is 17.8 Å². The summed E-state index contributed by atoms with van der Waals surface area (Å²) in [6, 6.07) is -0.732. The number of rotatable bonds is 18. The number of guanidine groups is 1. The molecule has 0 aromatic rings. The smallest absolute Gasteiger partial charge is 0.251 e. The zero-order chi connectivity index (χ0) is 24.2. The molecule has 0 spiro atoms. The first-order valence-corrected chi connectivity index (χ1v) is 11.6. The van der Waals surface area contributed by atoms with E-state index in [0.29, 0.717) is 18.8 Å². The first kappa shape index (κ1) is 29.4. The van der Waals surface area contributed by atoms with Crippen molar-refractivity contribution in [2.24, 2.45) is 5.92 Å². The van der Waals surface area contributed by atoms with Gasteiger partial charge in [-0.25, -0.2) is 10.1 Å². The van der Waals surface area contributed by atoms with Gasteiger partial charge in [-0.2, -0.15) is 0 Å². The van der Waals surface area contributed by atoms with Gasteiger partial charge in [0.15, 0.2) is 5.03 Å². The molecule has 32 heavy (non-hydrogen) atoms. The van der Waals surface area contributed by atoms with Gasteiger partial charge in [0.1, 0.15) is 6.04 Å². The number of nitrogens with one attached hydrogen (secondary N) is 5. The molecule has 0 heterocycles. The van der Waals surface area contributed by atoms with E-state index in [2.05, 4.69) is 22.9 Å². The Morgan fingerprint density at radius 3 is 2.44 bits per heavy atom. The van der Waals surface area contributed by atoms with Crippen LogP contribution in [0.1, 0.15) is 85.0 Å². The Kier molecular flexibility index (Phi) is 17.5. The molecule has 0 aliphatic rings. The maximum absolute atomic E-state index is 12.5. The maximum Gasteiger partial charge on any atom is 0.251 e. The van der Waals surface area contributed by atoms with Crippen molar-refractivity contribution in [2.45, 2.75) is 91.0 Å². The molecule has 10 heteroatoms.